The van der Waals surface area contributed by atoms with Crippen molar-refractivity contribution in [2.24, 2.45) is 5.92 Å². The molecule has 2 bridgehead atoms. The smallest absolute Gasteiger partial charge is 0.220 e. The summed E-state index contributed by atoms with van der Waals surface area (Å²) in [4.78, 5) is 14.5. The maximum Gasteiger partial charge on any atom is 0.220 e. The third kappa shape index (κ3) is 1.71. The quantitative estimate of drug-likeness (QED) is 0.636. The lowest BCUT2D eigenvalue weighted by Gasteiger charge is -2.54. The van der Waals surface area contributed by atoms with E-state index in [2.05, 4.69) is 17.1 Å². The summed E-state index contributed by atoms with van der Waals surface area (Å²) in [6, 6.07) is 0. The van der Waals surface area contributed by atoms with E-state index in [9.17, 15) is 4.79 Å². The monoisotopic (exact) mass is 275 g/mol. The molecule has 1 amide bonds. The zero-order valence-electron chi connectivity index (χ0n) is 12.4. The Morgan fingerprint density at radius 1 is 1.25 bits per heavy atom. The number of carbonyl (C=O) groups is 1. The lowest BCUT2D eigenvalue weighted by molar-refractivity contribution is -0.151. The van der Waals surface area contributed by atoms with Crippen molar-refractivity contribution in [3.8, 4) is 0 Å². The molecular weight excluding hydrogens is 250 g/mol. The summed E-state index contributed by atoms with van der Waals surface area (Å²) in [6.07, 6.45) is 14.7. The third-order valence-electron chi connectivity index (χ3n) is 6.19. The molecule has 0 aromatic carbocycles. The Kier molecular flexibility index (Phi) is 2.79. The second-order valence-electron chi connectivity index (χ2n) is 7.35. The highest BCUT2D eigenvalue weighted by molar-refractivity contribution is 5.74. The Morgan fingerprint density at radius 2 is 2.00 bits per heavy atom. The predicted octanol–water partition coefficient (Wildman–Crippen LogP) is 3.05. The maximum absolute atomic E-state index is 12.3. The van der Waals surface area contributed by atoms with E-state index in [0.717, 1.165) is 13.0 Å². The molecule has 2 spiro atoms. The van der Waals surface area contributed by atoms with E-state index < -0.39 is 0 Å². The average Bonchev–Trinajstić information content (AvgIpc) is 2.88. The van der Waals surface area contributed by atoms with E-state index in [1.807, 2.05) is 0 Å². The SMILES string of the molecule is CC(=O)N1C[C@@]23C=C[C@@H](C[C@H]2CC12CCCCCC2)O3. The van der Waals surface area contributed by atoms with Gasteiger partial charge in [-0.3, -0.25) is 4.79 Å². The molecule has 3 heteroatoms. The molecule has 3 heterocycles. The Hall–Kier alpha value is -0.830. The Morgan fingerprint density at radius 3 is 2.65 bits per heavy atom. The van der Waals surface area contributed by atoms with E-state index in [4.69, 9.17) is 4.74 Å². The van der Waals surface area contributed by atoms with Crippen molar-refractivity contribution >= 4 is 5.91 Å². The van der Waals surface area contributed by atoms with Gasteiger partial charge < -0.3 is 9.64 Å². The predicted molar refractivity (Wildman–Crippen MR) is 77.3 cm³/mol. The number of nitrogens with zero attached hydrogens (tertiary/aromatic N) is 1. The van der Waals surface area contributed by atoms with E-state index in [1.165, 1.54) is 44.9 Å². The molecule has 0 aromatic heterocycles. The minimum atomic E-state index is -0.145. The molecule has 110 valence electrons. The highest BCUT2D eigenvalue weighted by Gasteiger charge is 2.59. The van der Waals surface area contributed by atoms with Crippen LogP contribution in [-0.2, 0) is 9.53 Å². The number of piperidine rings is 1. The number of hydrogen-bond acceptors (Lipinski definition) is 2. The normalized spacial score (nSPS) is 41.8. The van der Waals surface area contributed by atoms with Crippen molar-refractivity contribution < 1.29 is 9.53 Å². The van der Waals surface area contributed by atoms with Crippen LogP contribution in [0.15, 0.2) is 12.2 Å². The number of rotatable bonds is 0. The third-order valence-corrected chi connectivity index (χ3v) is 6.19. The van der Waals surface area contributed by atoms with Crippen LogP contribution in [0.4, 0.5) is 0 Å². The van der Waals surface area contributed by atoms with E-state index in [1.54, 1.807) is 6.92 Å². The van der Waals surface area contributed by atoms with Gasteiger partial charge in [0.05, 0.1) is 12.6 Å². The van der Waals surface area contributed by atoms with Crippen LogP contribution in [0, 0.1) is 5.92 Å². The number of hydrogen-bond donors (Lipinski definition) is 0. The molecule has 0 aromatic rings. The van der Waals surface area contributed by atoms with E-state index in [-0.39, 0.29) is 17.0 Å². The molecule has 3 nitrogen and oxygen atoms in total. The Labute approximate surface area is 121 Å². The fourth-order valence-electron chi connectivity index (χ4n) is 5.23. The fraction of sp³-hybridized carbons (Fsp3) is 0.824. The molecule has 3 fully saturated rings. The first-order chi connectivity index (χ1) is 9.64. The Bertz CT molecular complexity index is 450. The van der Waals surface area contributed by atoms with Gasteiger partial charge in [0.1, 0.15) is 5.60 Å². The minimum Gasteiger partial charge on any atom is -0.361 e. The zero-order valence-corrected chi connectivity index (χ0v) is 12.4. The lowest BCUT2D eigenvalue weighted by Crippen LogP contribution is -2.63. The fourth-order valence-corrected chi connectivity index (χ4v) is 5.23. The van der Waals surface area contributed by atoms with E-state index in [0.29, 0.717) is 12.0 Å². The van der Waals surface area contributed by atoms with Crippen LogP contribution < -0.4 is 0 Å². The minimum absolute atomic E-state index is 0.139. The summed E-state index contributed by atoms with van der Waals surface area (Å²) < 4.78 is 6.20. The van der Waals surface area contributed by atoms with Gasteiger partial charge in [-0.1, -0.05) is 37.8 Å². The van der Waals surface area contributed by atoms with Crippen molar-refractivity contribution in [3.05, 3.63) is 12.2 Å². The van der Waals surface area contributed by atoms with Crippen molar-refractivity contribution in [1.29, 1.82) is 0 Å². The summed E-state index contributed by atoms with van der Waals surface area (Å²) >= 11 is 0. The van der Waals surface area contributed by atoms with Crippen LogP contribution in [0.2, 0.25) is 0 Å². The summed E-state index contributed by atoms with van der Waals surface area (Å²) in [5.74, 6) is 0.873. The topological polar surface area (TPSA) is 29.5 Å². The highest BCUT2D eigenvalue weighted by atomic mass is 16.5. The first kappa shape index (κ1) is 12.9. The molecule has 2 saturated heterocycles. The van der Waals surface area contributed by atoms with Crippen LogP contribution in [-0.4, -0.2) is 34.6 Å². The van der Waals surface area contributed by atoms with Gasteiger partial charge in [-0.25, -0.2) is 0 Å². The van der Waals surface area contributed by atoms with Gasteiger partial charge in [0.15, 0.2) is 0 Å². The summed E-state index contributed by atoms with van der Waals surface area (Å²) in [5.41, 5.74) is -0.00613. The number of fused-ring (bicyclic) bond motifs is 1. The number of amides is 1. The molecule has 4 rings (SSSR count). The summed E-state index contributed by atoms with van der Waals surface area (Å²) in [5, 5.41) is 0. The molecule has 1 aliphatic carbocycles. The lowest BCUT2D eigenvalue weighted by atomic mass is 9.67. The van der Waals surface area contributed by atoms with Gasteiger partial charge in [0, 0.05) is 12.5 Å². The molecule has 3 atom stereocenters. The second kappa shape index (κ2) is 4.33. The molecule has 20 heavy (non-hydrogen) atoms. The first-order valence-electron chi connectivity index (χ1n) is 8.29. The largest absolute Gasteiger partial charge is 0.361 e. The maximum atomic E-state index is 12.3. The standard InChI is InChI=1S/C17H25NO2/c1-13(19)18-12-17-9-6-15(20-17)10-14(17)11-16(18)7-4-2-3-5-8-16/h6,9,14-15H,2-5,7-8,10-12H2,1H3/t14-,15-,17-/m0/s1. The van der Waals surface area contributed by atoms with Crippen LogP contribution in [0.1, 0.15) is 58.3 Å². The molecule has 1 saturated carbocycles. The molecule has 4 aliphatic rings. The van der Waals surface area contributed by atoms with Crippen molar-refractivity contribution in [1.82, 2.24) is 4.90 Å². The molecular formula is C17H25NO2. The van der Waals surface area contributed by atoms with Gasteiger partial charge in [-0.05, 0) is 31.6 Å². The van der Waals surface area contributed by atoms with Gasteiger partial charge in [0.25, 0.3) is 0 Å². The van der Waals surface area contributed by atoms with Crippen LogP contribution in [0.3, 0.4) is 0 Å². The molecule has 0 unspecified atom stereocenters. The van der Waals surface area contributed by atoms with Crippen LogP contribution in [0.25, 0.3) is 0 Å². The molecule has 0 N–H and O–H groups in total. The molecule has 0 radical (unpaired) electrons. The van der Waals surface area contributed by atoms with Crippen molar-refractivity contribution in [2.75, 3.05) is 6.54 Å². The second-order valence-corrected chi connectivity index (χ2v) is 7.35. The van der Waals surface area contributed by atoms with Crippen LogP contribution >= 0.6 is 0 Å². The summed E-state index contributed by atoms with van der Waals surface area (Å²) in [6.45, 7) is 2.54. The highest BCUT2D eigenvalue weighted by Crippen LogP contribution is 2.54. The van der Waals surface area contributed by atoms with Crippen LogP contribution in [0.5, 0.6) is 0 Å². The average molecular weight is 275 g/mol. The van der Waals surface area contributed by atoms with Crippen molar-refractivity contribution in [3.63, 3.8) is 0 Å². The zero-order chi connectivity index (χ0) is 13.8. The number of likely N-dealkylation sites (tertiary alicyclic amines) is 1. The first-order valence-corrected chi connectivity index (χ1v) is 8.29. The van der Waals surface area contributed by atoms with Gasteiger partial charge in [-0.15, -0.1) is 0 Å². The Balaban J connectivity index is 1.68. The molecule has 3 aliphatic heterocycles. The van der Waals surface area contributed by atoms with Crippen molar-refractivity contribution in [2.45, 2.75) is 75.5 Å². The van der Waals surface area contributed by atoms with E-state index >= 15 is 0 Å². The summed E-state index contributed by atoms with van der Waals surface area (Å²) in [7, 11) is 0. The number of carbonyl (C=O) groups excluding carboxylic acids is 1. The van der Waals surface area contributed by atoms with Gasteiger partial charge in [0.2, 0.25) is 5.91 Å². The number of ether oxygens (including phenoxy) is 1. The van der Waals surface area contributed by atoms with Gasteiger partial charge >= 0.3 is 0 Å². The van der Waals surface area contributed by atoms with Gasteiger partial charge in [-0.2, -0.15) is 0 Å².